The summed E-state index contributed by atoms with van der Waals surface area (Å²) in [6.07, 6.45) is 3.78. The van der Waals surface area contributed by atoms with Crippen LogP contribution in [0.5, 0.6) is 0 Å². The van der Waals surface area contributed by atoms with Crippen LogP contribution in [0.3, 0.4) is 0 Å². The largest absolute Gasteiger partial charge is 0.382 e. The summed E-state index contributed by atoms with van der Waals surface area (Å²) in [4.78, 5) is 0. The van der Waals surface area contributed by atoms with Crippen molar-refractivity contribution < 1.29 is 14.2 Å². The van der Waals surface area contributed by atoms with Gasteiger partial charge in [0.2, 0.25) is 0 Å². The summed E-state index contributed by atoms with van der Waals surface area (Å²) in [5, 5.41) is 3.39. The quantitative estimate of drug-likeness (QED) is 0.510. The Labute approximate surface area is 98.6 Å². The van der Waals surface area contributed by atoms with E-state index >= 15 is 0 Å². The van der Waals surface area contributed by atoms with Gasteiger partial charge in [-0.25, -0.2) is 0 Å². The topological polar surface area (TPSA) is 39.7 Å². The highest BCUT2D eigenvalue weighted by molar-refractivity contribution is 4.74. The monoisotopic (exact) mass is 231 g/mol. The average molecular weight is 231 g/mol. The molecular formula is C12H25NO3. The van der Waals surface area contributed by atoms with Crippen LogP contribution >= 0.6 is 0 Å². The predicted octanol–water partition coefficient (Wildman–Crippen LogP) is 1.06. The second kappa shape index (κ2) is 10.0. The fourth-order valence-corrected chi connectivity index (χ4v) is 1.38. The lowest BCUT2D eigenvalue weighted by Crippen LogP contribution is -2.22. The van der Waals surface area contributed by atoms with Gasteiger partial charge in [-0.15, -0.1) is 0 Å². The van der Waals surface area contributed by atoms with E-state index in [-0.39, 0.29) is 0 Å². The lowest BCUT2D eigenvalue weighted by atomic mass is 10.4. The molecule has 1 N–H and O–H groups in total. The van der Waals surface area contributed by atoms with Crippen molar-refractivity contribution in [3.8, 4) is 0 Å². The molecule has 0 radical (unpaired) electrons. The van der Waals surface area contributed by atoms with Gasteiger partial charge >= 0.3 is 0 Å². The minimum Gasteiger partial charge on any atom is -0.382 e. The lowest BCUT2D eigenvalue weighted by molar-refractivity contribution is 0.0518. The Kier molecular flexibility index (Phi) is 8.71. The first kappa shape index (κ1) is 13.9. The lowest BCUT2D eigenvalue weighted by Gasteiger charge is -2.06. The SMILES string of the molecule is COCCOCCCOCCNCC1CC1. The van der Waals surface area contributed by atoms with E-state index in [0.29, 0.717) is 13.2 Å². The van der Waals surface area contributed by atoms with Crippen molar-refractivity contribution in [3.63, 3.8) is 0 Å². The van der Waals surface area contributed by atoms with E-state index < -0.39 is 0 Å². The molecule has 0 amide bonds. The molecule has 1 fully saturated rings. The molecule has 0 unspecified atom stereocenters. The summed E-state index contributed by atoms with van der Waals surface area (Å²) < 4.78 is 15.7. The zero-order valence-corrected chi connectivity index (χ0v) is 10.4. The van der Waals surface area contributed by atoms with Crippen LogP contribution in [0.1, 0.15) is 19.3 Å². The first-order valence-electron chi connectivity index (χ1n) is 6.28. The molecule has 0 spiro atoms. The minimum absolute atomic E-state index is 0.673. The second-order valence-corrected chi connectivity index (χ2v) is 4.22. The molecule has 16 heavy (non-hydrogen) atoms. The van der Waals surface area contributed by atoms with Crippen LogP contribution < -0.4 is 5.32 Å². The van der Waals surface area contributed by atoms with Gasteiger partial charge in [0.05, 0.1) is 19.8 Å². The maximum absolute atomic E-state index is 5.47. The first-order valence-corrected chi connectivity index (χ1v) is 6.28. The third-order valence-corrected chi connectivity index (χ3v) is 2.56. The molecule has 0 aromatic rings. The van der Waals surface area contributed by atoms with Gasteiger partial charge in [-0.2, -0.15) is 0 Å². The van der Waals surface area contributed by atoms with E-state index in [1.807, 2.05) is 0 Å². The van der Waals surface area contributed by atoms with Gasteiger partial charge in [-0.05, 0) is 31.7 Å². The summed E-state index contributed by atoms with van der Waals surface area (Å²) >= 11 is 0. The number of hydrogen-bond donors (Lipinski definition) is 1. The van der Waals surface area contributed by atoms with Crippen molar-refractivity contribution in [2.24, 2.45) is 5.92 Å². The molecule has 96 valence electrons. The number of rotatable bonds is 12. The summed E-state index contributed by atoms with van der Waals surface area (Å²) in [5.74, 6) is 0.953. The zero-order valence-electron chi connectivity index (χ0n) is 10.4. The fraction of sp³-hybridized carbons (Fsp3) is 1.00. The van der Waals surface area contributed by atoms with E-state index in [1.165, 1.54) is 19.4 Å². The number of nitrogens with one attached hydrogen (secondary N) is 1. The molecule has 4 heteroatoms. The molecule has 1 rings (SSSR count). The van der Waals surface area contributed by atoms with Crippen LogP contribution in [0.15, 0.2) is 0 Å². The van der Waals surface area contributed by atoms with E-state index in [1.54, 1.807) is 7.11 Å². The van der Waals surface area contributed by atoms with E-state index in [2.05, 4.69) is 5.32 Å². The molecule has 0 aliphatic heterocycles. The Morgan fingerprint density at radius 2 is 1.75 bits per heavy atom. The van der Waals surface area contributed by atoms with Crippen molar-refractivity contribution in [1.82, 2.24) is 5.32 Å². The average Bonchev–Trinajstić information content (AvgIpc) is 3.10. The van der Waals surface area contributed by atoms with Crippen LogP contribution in [0.4, 0.5) is 0 Å². The van der Waals surface area contributed by atoms with Gasteiger partial charge in [0.1, 0.15) is 0 Å². The number of methoxy groups -OCH3 is 1. The van der Waals surface area contributed by atoms with E-state index in [9.17, 15) is 0 Å². The number of ether oxygens (including phenoxy) is 3. The summed E-state index contributed by atoms with van der Waals surface area (Å²) in [5.41, 5.74) is 0. The molecule has 0 aromatic heterocycles. The maximum Gasteiger partial charge on any atom is 0.0700 e. The van der Waals surface area contributed by atoms with E-state index in [4.69, 9.17) is 14.2 Å². The smallest absolute Gasteiger partial charge is 0.0700 e. The molecule has 1 aliphatic carbocycles. The molecule has 0 aromatic carbocycles. The standard InChI is InChI=1S/C12H25NO3/c1-14-9-10-16-7-2-6-15-8-5-13-11-12-3-4-12/h12-13H,2-11H2,1H3. The fourth-order valence-electron chi connectivity index (χ4n) is 1.38. The van der Waals surface area contributed by atoms with Crippen LogP contribution in [0.25, 0.3) is 0 Å². The van der Waals surface area contributed by atoms with Gasteiger partial charge < -0.3 is 19.5 Å². The van der Waals surface area contributed by atoms with Crippen LogP contribution in [-0.4, -0.2) is 53.2 Å². The summed E-state index contributed by atoms with van der Waals surface area (Å²) in [6, 6.07) is 0. The molecule has 4 nitrogen and oxygen atoms in total. The highest BCUT2D eigenvalue weighted by Gasteiger charge is 2.19. The summed E-state index contributed by atoms with van der Waals surface area (Å²) in [7, 11) is 1.68. The van der Waals surface area contributed by atoms with E-state index in [0.717, 1.165) is 38.7 Å². The van der Waals surface area contributed by atoms with Gasteiger partial charge in [0.25, 0.3) is 0 Å². The van der Waals surface area contributed by atoms with Gasteiger partial charge in [0, 0.05) is 26.9 Å². The van der Waals surface area contributed by atoms with Gasteiger partial charge in [0.15, 0.2) is 0 Å². The molecule has 1 saturated carbocycles. The first-order chi connectivity index (χ1) is 7.93. The Bertz CT molecular complexity index is 151. The van der Waals surface area contributed by atoms with Crippen molar-refractivity contribution in [2.45, 2.75) is 19.3 Å². The highest BCUT2D eigenvalue weighted by atomic mass is 16.5. The minimum atomic E-state index is 0.673. The summed E-state index contributed by atoms with van der Waals surface area (Å²) in [6.45, 7) is 5.86. The van der Waals surface area contributed by atoms with Crippen molar-refractivity contribution >= 4 is 0 Å². The molecular weight excluding hydrogens is 206 g/mol. The molecule has 0 bridgehead atoms. The molecule has 1 aliphatic rings. The maximum atomic E-state index is 5.47. The van der Waals surface area contributed by atoms with Crippen molar-refractivity contribution in [1.29, 1.82) is 0 Å². The number of hydrogen-bond acceptors (Lipinski definition) is 4. The molecule has 0 saturated heterocycles. The Morgan fingerprint density at radius 3 is 2.44 bits per heavy atom. The zero-order chi connectivity index (χ0) is 11.5. The normalized spacial score (nSPS) is 15.6. The van der Waals surface area contributed by atoms with Crippen molar-refractivity contribution in [3.05, 3.63) is 0 Å². The van der Waals surface area contributed by atoms with Crippen LogP contribution in [0.2, 0.25) is 0 Å². The van der Waals surface area contributed by atoms with Crippen LogP contribution in [-0.2, 0) is 14.2 Å². The van der Waals surface area contributed by atoms with Gasteiger partial charge in [-0.1, -0.05) is 0 Å². The Hall–Kier alpha value is -0.160. The third kappa shape index (κ3) is 9.09. The Balaban J connectivity index is 1.61. The molecule has 0 heterocycles. The second-order valence-electron chi connectivity index (χ2n) is 4.22. The van der Waals surface area contributed by atoms with Crippen molar-refractivity contribution in [2.75, 3.05) is 53.2 Å². The highest BCUT2D eigenvalue weighted by Crippen LogP contribution is 2.27. The Morgan fingerprint density at radius 1 is 1.00 bits per heavy atom. The molecule has 0 atom stereocenters. The predicted molar refractivity (Wildman–Crippen MR) is 63.7 cm³/mol. The van der Waals surface area contributed by atoms with Gasteiger partial charge in [-0.3, -0.25) is 0 Å². The van der Waals surface area contributed by atoms with Crippen LogP contribution in [0, 0.1) is 5.92 Å². The third-order valence-electron chi connectivity index (χ3n) is 2.56.